The first-order valence-corrected chi connectivity index (χ1v) is 17.2. The van der Waals surface area contributed by atoms with E-state index >= 15 is 0 Å². The molecule has 0 saturated carbocycles. The van der Waals surface area contributed by atoms with E-state index in [0.717, 1.165) is 11.1 Å². The number of para-hydroxylation sites is 1. The number of fused-ring (bicyclic) bond motifs is 2. The van der Waals surface area contributed by atoms with Crippen LogP contribution in [0.2, 0.25) is 10.0 Å². The Morgan fingerprint density at radius 1 is 0.851 bits per heavy atom. The molecule has 2 aliphatic rings. The summed E-state index contributed by atoms with van der Waals surface area (Å²) in [5.74, 6) is -1.25. The highest BCUT2D eigenvalue weighted by Crippen LogP contribution is 2.62. The van der Waals surface area contributed by atoms with Crippen molar-refractivity contribution in [2.45, 2.75) is 35.8 Å². The van der Waals surface area contributed by atoms with Gasteiger partial charge in [-0.1, -0.05) is 126 Å². The summed E-state index contributed by atoms with van der Waals surface area (Å²) in [4.78, 5) is 21.5. The number of rotatable bonds is 7. The minimum atomic E-state index is -4.26. The maximum Gasteiger partial charge on any atom is 0.283 e. The van der Waals surface area contributed by atoms with Crippen LogP contribution in [0.15, 0.2) is 137 Å². The molecule has 1 saturated heterocycles. The van der Waals surface area contributed by atoms with Gasteiger partial charge in [-0.2, -0.15) is 8.42 Å². The lowest BCUT2D eigenvalue weighted by atomic mass is 9.64. The van der Waals surface area contributed by atoms with E-state index in [0.29, 0.717) is 32.4 Å². The van der Waals surface area contributed by atoms with Crippen LogP contribution in [0.25, 0.3) is 0 Å². The van der Waals surface area contributed by atoms with Gasteiger partial charge in [0.1, 0.15) is 18.5 Å². The maximum absolute atomic E-state index is 15.0. The predicted molar refractivity (Wildman–Crippen MR) is 184 cm³/mol. The summed E-state index contributed by atoms with van der Waals surface area (Å²) in [6, 6.07) is 36.8. The highest BCUT2D eigenvalue weighted by molar-refractivity contribution is 7.90. The van der Waals surface area contributed by atoms with Crippen molar-refractivity contribution < 1.29 is 18.0 Å². The second-order valence-electron chi connectivity index (χ2n) is 11.6. The highest BCUT2D eigenvalue weighted by atomic mass is 35.5. The topological polar surface area (TPSA) is 88.1 Å². The van der Waals surface area contributed by atoms with Crippen molar-refractivity contribution in [2.75, 3.05) is 5.32 Å². The van der Waals surface area contributed by atoms with Gasteiger partial charge in [0.2, 0.25) is 0 Å². The molecule has 0 aliphatic carbocycles. The lowest BCUT2D eigenvalue weighted by Gasteiger charge is -2.37. The normalized spacial score (nSPS) is 21.3. The third-order valence-electron chi connectivity index (χ3n) is 8.74. The first kappa shape index (κ1) is 31.1. The molecule has 3 unspecified atom stereocenters. The van der Waals surface area contributed by atoms with E-state index < -0.39 is 27.4 Å². The average Bonchev–Trinajstić information content (AvgIpc) is 3.51. The van der Waals surface area contributed by atoms with Crippen LogP contribution in [0.4, 0.5) is 5.69 Å². The molecule has 236 valence electrons. The number of aryl methyl sites for hydroxylation is 1. The van der Waals surface area contributed by atoms with Gasteiger partial charge in [-0.3, -0.25) is 9.63 Å². The number of nitrogens with zero attached hydrogens (tertiary/aromatic N) is 2. The van der Waals surface area contributed by atoms with Crippen molar-refractivity contribution in [3.05, 3.63) is 165 Å². The number of carbonyl (C=O) groups is 1. The van der Waals surface area contributed by atoms with Gasteiger partial charge in [-0.15, -0.1) is 4.40 Å². The van der Waals surface area contributed by atoms with Gasteiger partial charge in [-0.25, -0.2) is 5.06 Å². The van der Waals surface area contributed by atoms with Gasteiger partial charge >= 0.3 is 0 Å². The summed E-state index contributed by atoms with van der Waals surface area (Å²) in [5.41, 5.74) is 2.82. The number of anilines is 1. The smallest absolute Gasteiger partial charge is 0.283 e. The molecule has 0 radical (unpaired) electrons. The molecule has 5 aromatic rings. The number of carbonyl (C=O) groups excluding carboxylic acids is 1. The van der Waals surface area contributed by atoms with Crippen molar-refractivity contribution >= 4 is 50.7 Å². The van der Waals surface area contributed by atoms with Crippen LogP contribution in [0.1, 0.15) is 39.8 Å². The van der Waals surface area contributed by atoms with Gasteiger partial charge < -0.3 is 5.32 Å². The van der Waals surface area contributed by atoms with Crippen LogP contribution < -0.4 is 5.32 Å². The second-order valence-corrected chi connectivity index (χ2v) is 14.1. The molecule has 7 nitrogen and oxygen atoms in total. The minimum absolute atomic E-state index is 0.0300. The quantitative estimate of drug-likeness (QED) is 0.187. The van der Waals surface area contributed by atoms with E-state index in [1.807, 2.05) is 91.9 Å². The average molecular weight is 683 g/mol. The number of amidine groups is 1. The van der Waals surface area contributed by atoms with Crippen LogP contribution in [-0.4, -0.2) is 25.2 Å². The third kappa shape index (κ3) is 5.41. The Balaban J connectivity index is 1.53. The largest absolute Gasteiger partial charge is 0.342 e. The van der Waals surface area contributed by atoms with Gasteiger partial charge in [0, 0.05) is 15.7 Å². The molecule has 5 aromatic carbocycles. The van der Waals surface area contributed by atoms with Gasteiger partial charge in [0.15, 0.2) is 0 Å². The standard InChI is InChI=1S/C37H29Cl2N3O4S/c1-24-16-19-28(20-17-24)47(44,45)41-36-37(30-14-8-9-15-32(30)40-36)33(26-12-6-3-7-13-26)35(43)42(46-23-25-10-4-2-5-11-25)34(37)29-21-18-27(38)22-31(29)39/h2-22,33-34H,23H2,1H3,(H,40,41). The molecule has 1 fully saturated rings. The van der Waals surface area contributed by atoms with Crippen molar-refractivity contribution in [3.63, 3.8) is 0 Å². The fourth-order valence-corrected chi connectivity index (χ4v) is 8.19. The number of halogens is 2. The Kier molecular flexibility index (Phi) is 8.14. The van der Waals surface area contributed by atoms with Crippen molar-refractivity contribution in [1.82, 2.24) is 5.06 Å². The van der Waals surface area contributed by atoms with Gasteiger partial charge in [0.25, 0.3) is 15.9 Å². The molecule has 2 aliphatic heterocycles. The Hall–Kier alpha value is -4.47. The number of amides is 1. The van der Waals surface area contributed by atoms with Crippen LogP contribution in [-0.2, 0) is 31.7 Å². The second kappa shape index (κ2) is 12.3. The zero-order valence-corrected chi connectivity index (χ0v) is 27.5. The molecule has 1 spiro atoms. The molecule has 1 amide bonds. The van der Waals surface area contributed by atoms with E-state index in [9.17, 15) is 13.2 Å². The van der Waals surface area contributed by atoms with Gasteiger partial charge in [0.05, 0.1) is 16.2 Å². The van der Waals surface area contributed by atoms with E-state index in [4.69, 9.17) is 28.0 Å². The molecule has 0 aromatic heterocycles. The van der Waals surface area contributed by atoms with E-state index in [-0.39, 0.29) is 23.2 Å². The Morgan fingerprint density at radius 2 is 1.51 bits per heavy atom. The fraction of sp³-hybridized carbons (Fsp3) is 0.135. The van der Waals surface area contributed by atoms with E-state index in [1.165, 1.54) is 17.2 Å². The summed E-state index contributed by atoms with van der Waals surface area (Å²) in [7, 11) is -4.26. The highest BCUT2D eigenvalue weighted by Gasteiger charge is 2.68. The fourth-order valence-electron chi connectivity index (χ4n) is 6.66. The minimum Gasteiger partial charge on any atom is -0.342 e. The SMILES string of the molecule is Cc1ccc(S(=O)(=O)/N=C2\Nc3ccccc3C23C(c2ccccc2)C(=O)N(OCc2ccccc2)C3c2ccc(Cl)cc2Cl)cc1. The van der Waals surface area contributed by atoms with Crippen molar-refractivity contribution in [1.29, 1.82) is 0 Å². The van der Waals surface area contributed by atoms with Crippen LogP contribution in [0, 0.1) is 6.92 Å². The molecule has 7 rings (SSSR count). The van der Waals surface area contributed by atoms with E-state index in [2.05, 4.69) is 9.71 Å². The summed E-state index contributed by atoms with van der Waals surface area (Å²) < 4.78 is 32.6. The zero-order valence-electron chi connectivity index (χ0n) is 25.2. The summed E-state index contributed by atoms with van der Waals surface area (Å²) in [6.07, 6.45) is 0. The number of sulfonamides is 1. The number of hydrogen-bond acceptors (Lipinski definition) is 4. The molecule has 47 heavy (non-hydrogen) atoms. The Morgan fingerprint density at radius 3 is 2.21 bits per heavy atom. The van der Waals surface area contributed by atoms with Crippen LogP contribution in [0.3, 0.4) is 0 Å². The number of hydroxylamine groups is 2. The molecule has 1 N–H and O–H groups in total. The Bertz CT molecular complexity index is 2110. The van der Waals surface area contributed by atoms with E-state index in [1.54, 1.807) is 30.3 Å². The molecule has 2 heterocycles. The summed E-state index contributed by atoms with van der Waals surface area (Å²) in [6.45, 7) is 1.96. The third-order valence-corrected chi connectivity index (χ3v) is 10.6. The van der Waals surface area contributed by atoms with Gasteiger partial charge in [-0.05, 0) is 59.5 Å². The molecule has 3 atom stereocenters. The summed E-state index contributed by atoms with van der Waals surface area (Å²) >= 11 is 13.3. The lowest BCUT2D eigenvalue weighted by Crippen LogP contribution is -2.44. The number of hydrogen-bond donors (Lipinski definition) is 1. The maximum atomic E-state index is 15.0. The van der Waals surface area contributed by atoms with Crippen molar-refractivity contribution in [3.8, 4) is 0 Å². The zero-order chi connectivity index (χ0) is 32.8. The number of nitrogens with one attached hydrogen (secondary N) is 1. The molecular weight excluding hydrogens is 653 g/mol. The predicted octanol–water partition coefficient (Wildman–Crippen LogP) is 8.25. The first-order chi connectivity index (χ1) is 22.7. The first-order valence-electron chi connectivity index (χ1n) is 15.0. The van der Waals surface area contributed by atoms with Crippen LogP contribution in [0.5, 0.6) is 0 Å². The number of benzene rings is 5. The monoisotopic (exact) mass is 681 g/mol. The molecule has 0 bridgehead atoms. The molecule has 10 heteroatoms. The van der Waals surface area contributed by atoms with Crippen molar-refractivity contribution in [2.24, 2.45) is 4.40 Å². The Labute approximate surface area is 283 Å². The molecular formula is C37H29Cl2N3O4S. The lowest BCUT2D eigenvalue weighted by molar-refractivity contribution is -0.198. The summed E-state index contributed by atoms with van der Waals surface area (Å²) in [5, 5.41) is 5.37. The van der Waals surface area contributed by atoms with Crippen LogP contribution >= 0.6 is 23.2 Å².